The van der Waals surface area contributed by atoms with Crippen molar-refractivity contribution in [3.05, 3.63) is 59.9 Å². The van der Waals surface area contributed by atoms with E-state index in [9.17, 15) is 14.7 Å². The maximum atomic E-state index is 11.5. The molecule has 1 aromatic heterocycles. The van der Waals surface area contributed by atoms with Crippen LogP contribution in [-0.4, -0.2) is 35.2 Å². The molecule has 0 aliphatic rings. The maximum Gasteiger partial charge on any atom is 0.344 e. The number of benzene rings is 1. The molecule has 0 atom stereocenters. The van der Waals surface area contributed by atoms with Crippen molar-refractivity contribution in [3.63, 3.8) is 0 Å². The Labute approximate surface area is 139 Å². The van der Waals surface area contributed by atoms with Gasteiger partial charge >= 0.3 is 11.9 Å². The highest BCUT2D eigenvalue weighted by atomic mass is 16.6. The van der Waals surface area contributed by atoms with Crippen molar-refractivity contribution in [2.24, 2.45) is 0 Å². The monoisotopic (exact) mass is 327 g/mol. The third-order valence-corrected chi connectivity index (χ3v) is 3.03. The minimum atomic E-state index is -1.05. The summed E-state index contributed by atoms with van der Waals surface area (Å²) in [5.41, 5.74) is 1.26. The molecule has 0 saturated heterocycles. The fourth-order valence-electron chi connectivity index (χ4n) is 2.00. The first-order chi connectivity index (χ1) is 11.6. The van der Waals surface area contributed by atoms with Crippen molar-refractivity contribution in [2.75, 3.05) is 13.2 Å². The van der Waals surface area contributed by atoms with Gasteiger partial charge < -0.3 is 14.6 Å². The zero-order valence-electron chi connectivity index (χ0n) is 13.1. The van der Waals surface area contributed by atoms with Crippen molar-refractivity contribution >= 4 is 23.6 Å². The summed E-state index contributed by atoms with van der Waals surface area (Å²) in [5, 5.41) is 9.40. The van der Waals surface area contributed by atoms with Gasteiger partial charge in [0.1, 0.15) is 5.75 Å². The van der Waals surface area contributed by atoms with Crippen molar-refractivity contribution < 1.29 is 24.2 Å². The van der Waals surface area contributed by atoms with Crippen LogP contribution in [0.5, 0.6) is 5.75 Å². The van der Waals surface area contributed by atoms with E-state index in [0.717, 1.165) is 0 Å². The molecule has 6 nitrogen and oxygen atoms in total. The average molecular weight is 327 g/mol. The van der Waals surface area contributed by atoms with E-state index in [1.807, 2.05) is 0 Å². The number of carbonyl (C=O) groups excluding carboxylic acids is 1. The van der Waals surface area contributed by atoms with Crippen LogP contribution in [0.1, 0.15) is 18.1 Å². The first kappa shape index (κ1) is 17.2. The number of carboxylic acids is 1. The summed E-state index contributed by atoms with van der Waals surface area (Å²) in [6.07, 6.45) is 4.59. The number of pyridine rings is 1. The van der Waals surface area contributed by atoms with Crippen molar-refractivity contribution in [3.8, 4) is 5.75 Å². The fourth-order valence-corrected chi connectivity index (χ4v) is 2.00. The van der Waals surface area contributed by atoms with Crippen LogP contribution in [0.15, 0.2) is 48.8 Å². The Hall–Kier alpha value is -3.15. The molecule has 0 fully saturated rings. The van der Waals surface area contributed by atoms with E-state index in [1.54, 1.807) is 49.5 Å². The molecule has 124 valence electrons. The molecule has 0 amide bonds. The van der Waals surface area contributed by atoms with Gasteiger partial charge in [0.2, 0.25) is 0 Å². The zero-order valence-corrected chi connectivity index (χ0v) is 13.1. The van der Waals surface area contributed by atoms with Crippen LogP contribution in [-0.2, 0) is 14.3 Å². The molecular weight excluding hydrogens is 310 g/mol. The Morgan fingerprint density at radius 2 is 2.08 bits per heavy atom. The van der Waals surface area contributed by atoms with Gasteiger partial charge in [0, 0.05) is 18.0 Å². The average Bonchev–Trinajstić information content (AvgIpc) is 2.59. The molecule has 1 aromatic carbocycles. The van der Waals surface area contributed by atoms with Gasteiger partial charge in [-0.1, -0.05) is 18.2 Å². The number of nitrogens with zero attached hydrogens (tertiary/aromatic N) is 1. The maximum absolute atomic E-state index is 11.5. The van der Waals surface area contributed by atoms with E-state index in [0.29, 0.717) is 16.9 Å². The molecule has 0 spiro atoms. The van der Waals surface area contributed by atoms with Gasteiger partial charge in [-0.25, -0.2) is 9.59 Å². The van der Waals surface area contributed by atoms with E-state index >= 15 is 0 Å². The van der Waals surface area contributed by atoms with Crippen LogP contribution < -0.4 is 4.74 Å². The topological polar surface area (TPSA) is 85.7 Å². The highest BCUT2D eigenvalue weighted by Crippen LogP contribution is 2.21. The van der Waals surface area contributed by atoms with E-state index in [2.05, 4.69) is 4.98 Å². The molecule has 2 aromatic rings. The van der Waals surface area contributed by atoms with Gasteiger partial charge in [0.15, 0.2) is 6.61 Å². The lowest BCUT2D eigenvalue weighted by molar-refractivity contribution is -0.145. The summed E-state index contributed by atoms with van der Waals surface area (Å²) in [4.78, 5) is 26.7. The largest absolute Gasteiger partial charge is 0.482 e. The summed E-state index contributed by atoms with van der Waals surface area (Å²) >= 11 is 0. The second-order valence-corrected chi connectivity index (χ2v) is 4.77. The third kappa shape index (κ3) is 4.95. The smallest absolute Gasteiger partial charge is 0.344 e. The minimum Gasteiger partial charge on any atom is -0.482 e. The Kier molecular flexibility index (Phi) is 6.08. The molecule has 1 N–H and O–H groups in total. The highest BCUT2D eigenvalue weighted by molar-refractivity contribution is 6.20. The standard InChI is InChI=1S/C18H17NO5/c1-2-23-17(20)12-24-15-7-3-5-13(9-15)10-16(18(21)22)14-6-4-8-19-11-14/h3-11H,2,12H2,1H3,(H,21,22). The lowest BCUT2D eigenvalue weighted by Gasteiger charge is -2.07. The summed E-state index contributed by atoms with van der Waals surface area (Å²) < 4.78 is 10.1. The predicted octanol–water partition coefficient (Wildman–Crippen LogP) is 2.65. The molecule has 0 saturated carbocycles. The summed E-state index contributed by atoms with van der Waals surface area (Å²) in [5.74, 6) is -1.06. The number of aromatic nitrogens is 1. The Morgan fingerprint density at radius 1 is 1.25 bits per heavy atom. The molecule has 0 radical (unpaired) electrons. The first-order valence-corrected chi connectivity index (χ1v) is 7.34. The highest BCUT2D eigenvalue weighted by Gasteiger charge is 2.11. The van der Waals surface area contributed by atoms with Crippen LogP contribution in [0.2, 0.25) is 0 Å². The third-order valence-electron chi connectivity index (χ3n) is 3.03. The van der Waals surface area contributed by atoms with E-state index in [1.165, 1.54) is 12.3 Å². The van der Waals surface area contributed by atoms with Gasteiger partial charge in [0.05, 0.1) is 12.2 Å². The van der Waals surface area contributed by atoms with Crippen LogP contribution in [0.3, 0.4) is 0 Å². The molecule has 2 rings (SSSR count). The van der Waals surface area contributed by atoms with Gasteiger partial charge in [0.25, 0.3) is 0 Å². The minimum absolute atomic E-state index is 0.116. The summed E-state index contributed by atoms with van der Waals surface area (Å²) in [7, 11) is 0. The van der Waals surface area contributed by atoms with Gasteiger partial charge in [-0.05, 0) is 36.8 Å². The molecule has 0 bridgehead atoms. The molecule has 6 heteroatoms. The number of hydrogen-bond donors (Lipinski definition) is 1. The molecule has 24 heavy (non-hydrogen) atoms. The number of carboxylic acid groups (broad SMARTS) is 1. The lowest BCUT2D eigenvalue weighted by atomic mass is 10.0. The van der Waals surface area contributed by atoms with Crippen LogP contribution in [0, 0.1) is 0 Å². The number of esters is 1. The van der Waals surface area contributed by atoms with E-state index in [-0.39, 0.29) is 18.8 Å². The van der Waals surface area contributed by atoms with Crippen molar-refractivity contribution in [1.82, 2.24) is 4.98 Å². The number of aliphatic carboxylic acids is 1. The molecule has 0 aliphatic heterocycles. The van der Waals surface area contributed by atoms with Crippen LogP contribution in [0.4, 0.5) is 0 Å². The number of ether oxygens (including phenoxy) is 2. The van der Waals surface area contributed by atoms with Gasteiger partial charge in [-0.2, -0.15) is 0 Å². The van der Waals surface area contributed by atoms with Crippen LogP contribution in [0.25, 0.3) is 11.6 Å². The van der Waals surface area contributed by atoms with Gasteiger partial charge in [-0.15, -0.1) is 0 Å². The van der Waals surface area contributed by atoms with E-state index in [4.69, 9.17) is 9.47 Å². The fraction of sp³-hybridized carbons (Fsp3) is 0.167. The van der Waals surface area contributed by atoms with E-state index < -0.39 is 11.9 Å². The number of rotatable bonds is 7. The Morgan fingerprint density at radius 3 is 2.75 bits per heavy atom. The summed E-state index contributed by atoms with van der Waals surface area (Å²) in [6.45, 7) is 1.81. The quantitative estimate of drug-likeness (QED) is 0.621. The zero-order chi connectivity index (χ0) is 17.4. The Balaban J connectivity index is 2.20. The lowest BCUT2D eigenvalue weighted by Crippen LogP contribution is -2.14. The Bertz CT molecular complexity index is 740. The second-order valence-electron chi connectivity index (χ2n) is 4.77. The summed E-state index contributed by atoms with van der Waals surface area (Å²) in [6, 6.07) is 10.1. The molecule has 0 unspecified atom stereocenters. The van der Waals surface area contributed by atoms with Crippen molar-refractivity contribution in [2.45, 2.75) is 6.92 Å². The number of hydrogen-bond acceptors (Lipinski definition) is 5. The van der Waals surface area contributed by atoms with Gasteiger partial charge in [-0.3, -0.25) is 4.98 Å². The normalized spacial score (nSPS) is 11.0. The second kappa shape index (κ2) is 8.47. The SMILES string of the molecule is CCOC(=O)COc1cccc(C=C(C(=O)O)c2cccnc2)c1. The predicted molar refractivity (Wildman–Crippen MR) is 88.3 cm³/mol. The van der Waals surface area contributed by atoms with Crippen LogP contribution >= 0.6 is 0 Å². The molecular formula is C18H17NO5. The first-order valence-electron chi connectivity index (χ1n) is 7.34. The number of carbonyl (C=O) groups is 2. The molecule has 1 heterocycles. The van der Waals surface area contributed by atoms with Crippen molar-refractivity contribution in [1.29, 1.82) is 0 Å². The molecule has 0 aliphatic carbocycles.